The highest BCUT2D eigenvalue weighted by molar-refractivity contribution is 6.30. The van der Waals surface area contributed by atoms with E-state index in [-0.39, 0.29) is 0 Å². The van der Waals surface area contributed by atoms with Crippen molar-refractivity contribution >= 4 is 22.4 Å². The summed E-state index contributed by atoms with van der Waals surface area (Å²) in [5, 5.41) is 3.03. The normalized spacial score (nSPS) is 11.1. The Morgan fingerprint density at radius 2 is 1.19 bits per heavy atom. The third kappa shape index (κ3) is 4.76. The summed E-state index contributed by atoms with van der Waals surface area (Å²) < 4.78 is 0. The number of hydrogen-bond donors (Lipinski definition) is 0. The van der Waals surface area contributed by atoms with E-state index in [1.807, 2.05) is 18.2 Å². The smallest absolute Gasteiger partial charge is 0.160 e. The number of halogens is 1. The van der Waals surface area contributed by atoms with Crippen molar-refractivity contribution in [2.45, 2.75) is 13.8 Å². The van der Waals surface area contributed by atoms with Gasteiger partial charge in [-0.1, -0.05) is 95.5 Å². The van der Waals surface area contributed by atoms with E-state index < -0.39 is 0 Å². The van der Waals surface area contributed by atoms with Crippen LogP contribution in [0.5, 0.6) is 0 Å². The second kappa shape index (κ2) is 9.65. The van der Waals surface area contributed by atoms with Gasteiger partial charge in [0.05, 0.1) is 11.4 Å². The Hall–Kier alpha value is -4.27. The van der Waals surface area contributed by atoms with E-state index >= 15 is 0 Å². The summed E-state index contributed by atoms with van der Waals surface area (Å²) in [6, 6.07) is 39.8. The molecule has 0 unspecified atom stereocenters. The number of hydrogen-bond acceptors (Lipinski definition) is 2. The van der Waals surface area contributed by atoms with Crippen LogP contribution < -0.4 is 0 Å². The Balaban J connectivity index is 1.63. The average Bonchev–Trinajstić information content (AvgIpc) is 2.92. The van der Waals surface area contributed by atoms with E-state index in [9.17, 15) is 0 Å². The Kier molecular flexibility index (Phi) is 6.04. The van der Waals surface area contributed by atoms with Crippen molar-refractivity contribution in [3.63, 3.8) is 0 Å². The highest BCUT2D eigenvalue weighted by Crippen LogP contribution is 2.36. The van der Waals surface area contributed by atoms with Crippen LogP contribution in [0.15, 0.2) is 115 Å². The molecule has 0 amide bonds. The second-order valence-electron chi connectivity index (χ2n) is 9.46. The monoisotopic (exact) mass is 496 g/mol. The van der Waals surface area contributed by atoms with Crippen molar-refractivity contribution in [3.05, 3.63) is 131 Å². The standard InChI is InChI=1S/C34H25ClN2/c1-22-8-5-12-26(16-22)32-21-33(37-34(36-32)27-13-6-9-23(2)17-27)31-20-28(24-11-7-14-29(35)19-24)18-25-10-3-4-15-30(25)31/h3-21H,1-2H3. The summed E-state index contributed by atoms with van der Waals surface area (Å²) in [5.74, 6) is 0.718. The molecule has 6 rings (SSSR count). The molecule has 1 aromatic heterocycles. The molecule has 6 aromatic rings. The first-order chi connectivity index (χ1) is 18.0. The lowest BCUT2D eigenvalue weighted by atomic mass is 9.94. The summed E-state index contributed by atoms with van der Waals surface area (Å²) in [4.78, 5) is 10.2. The van der Waals surface area contributed by atoms with Crippen LogP contribution in [0, 0.1) is 13.8 Å². The van der Waals surface area contributed by atoms with Gasteiger partial charge >= 0.3 is 0 Å². The molecule has 37 heavy (non-hydrogen) atoms. The molecule has 0 radical (unpaired) electrons. The van der Waals surface area contributed by atoms with Gasteiger partial charge in [0.1, 0.15) is 0 Å². The van der Waals surface area contributed by atoms with Crippen molar-refractivity contribution in [1.82, 2.24) is 9.97 Å². The van der Waals surface area contributed by atoms with Crippen molar-refractivity contribution in [1.29, 1.82) is 0 Å². The lowest BCUT2D eigenvalue weighted by Crippen LogP contribution is -1.97. The summed E-state index contributed by atoms with van der Waals surface area (Å²) in [7, 11) is 0. The molecule has 0 aliphatic rings. The van der Waals surface area contributed by atoms with Gasteiger partial charge in [0.2, 0.25) is 0 Å². The molecule has 5 aromatic carbocycles. The van der Waals surface area contributed by atoms with Crippen LogP contribution in [-0.4, -0.2) is 9.97 Å². The fraction of sp³-hybridized carbons (Fsp3) is 0.0588. The predicted octanol–water partition coefficient (Wildman–Crippen LogP) is 9.57. The maximum atomic E-state index is 6.35. The molecule has 1 heterocycles. The minimum Gasteiger partial charge on any atom is -0.228 e. The topological polar surface area (TPSA) is 25.8 Å². The molecule has 0 saturated heterocycles. The lowest BCUT2D eigenvalue weighted by molar-refractivity contribution is 1.18. The molecule has 0 aliphatic heterocycles. The van der Waals surface area contributed by atoms with E-state index in [4.69, 9.17) is 21.6 Å². The number of benzene rings is 5. The number of aromatic nitrogens is 2. The maximum Gasteiger partial charge on any atom is 0.160 e. The minimum absolute atomic E-state index is 0.718. The molecule has 0 bridgehead atoms. The highest BCUT2D eigenvalue weighted by atomic mass is 35.5. The molecule has 0 atom stereocenters. The van der Waals surface area contributed by atoms with Gasteiger partial charge < -0.3 is 0 Å². The average molecular weight is 497 g/mol. The van der Waals surface area contributed by atoms with Crippen molar-refractivity contribution < 1.29 is 0 Å². The maximum absolute atomic E-state index is 6.35. The molecule has 0 aliphatic carbocycles. The zero-order valence-electron chi connectivity index (χ0n) is 20.7. The fourth-order valence-corrected chi connectivity index (χ4v) is 5.00. The molecule has 178 valence electrons. The molecule has 3 heteroatoms. The fourth-order valence-electron chi connectivity index (χ4n) is 4.81. The van der Waals surface area contributed by atoms with Gasteiger partial charge in [-0.25, -0.2) is 9.97 Å². The Morgan fingerprint density at radius 3 is 1.97 bits per heavy atom. The van der Waals surface area contributed by atoms with E-state index in [1.165, 1.54) is 11.1 Å². The molecular formula is C34H25ClN2. The van der Waals surface area contributed by atoms with Crippen molar-refractivity contribution in [2.24, 2.45) is 0 Å². The third-order valence-corrected chi connectivity index (χ3v) is 6.85. The molecule has 0 saturated carbocycles. The van der Waals surface area contributed by atoms with E-state index in [1.54, 1.807) is 0 Å². The number of nitrogens with zero attached hydrogens (tertiary/aromatic N) is 2. The van der Waals surface area contributed by atoms with Crippen LogP contribution in [0.2, 0.25) is 5.02 Å². The number of aryl methyl sites for hydroxylation is 2. The highest BCUT2D eigenvalue weighted by Gasteiger charge is 2.15. The largest absolute Gasteiger partial charge is 0.228 e. The first-order valence-corrected chi connectivity index (χ1v) is 12.7. The third-order valence-electron chi connectivity index (χ3n) is 6.61. The van der Waals surface area contributed by atoms with Crippen LogP contribution in [0.1, 0.15) is 11.1 Å². The zero-order chi connectivity index (χ0) is 25.4. The number of rotatable bonds is 4. The lowest BCUT2D eigenvalue weighted by Gasteiger charge is -2.14. The van der Waals surface area contributed by atoms with Gasteiger partial charge in [-0.3, -0.25) is 0 Å². The Labute approximate surface area is 222 Å². The van der Waals surface area contributed by atoms with Crippen LogP contribution in [0.25, 0.3) is 55.8 Å². The van der Waals surface area contributed by atoms with Gasteiger partial charge in [0, 0.05) is 21.7 Å². The van der Waals surface area contributed by atoms with Gasteiger partial charge in [-0.2, -0.15) is 0 Å². The Bertz CT molecular complexity index is 1710. The van der Waals surface area contributed by atoms with Gasteiger partial charge in [-0.15, -0.1) is 0 Å². The summed E-state index contributed by atoms with van der Waals surface area (Å²) >= 11 is 6.35. The second-order valence-corrected chi connectivity index (χ2v) is 9.89. The molecule has 0 N–H and O–H groups in total. The predicted molar refractivity (Wildman–Crippen MR) is 156 cm³/mol. The SMILES string of the molecule is Cc1cccc(-c2cc(-c3cc(-c4cccc(Cl)c4)cc4ccccc34)nc(-c3cccc(C)c3)n2)c1. The summed E-state index contributed by atoms with van der Waals surface area (Å²) in [5.41, 5.74) is 9.50. The number of fused-ring (bicyclic) bond motifs is 1. The van der Waals surface area contributed by atoms with Crippen molar-refractivity contribution in [2.75, 3.05) is 0 Å². The summed E-state index contributed by atoms with van der Waals surface area (Å²) in [6.45, 7) is 4.20. The van der Waals surface area contributed by atoms with Crippen LogP contribution in [0.3, 0.4) is 0 Å². The Morgan fingerprint density at radius 1 is 0.514 bits per heavy atom. The van der Waals surface area contributed by atoms with E-state index in [0.29, 0.717) is 0 Å². The van der Waals surface area contributed by atoms with Crippen LogP contribution >= 0.6 is 11.6 Å². The van der Waals surface area contributed by atoms with Gasteiger partial charge in [0.15, 0.2) is 5.82 Å². The molecule has 0 fully saturated rings. The van der Waals surface area contributed by atoms with Crippen molar-refractivity contribution in [3.8, 4) is 45.0 Å². The van der Waals surface area contributed by atoms with Gasteiger partial charge in [0.25, 0.3) is 0 Å². The minimum atomic E-state index is 0.718. The first kappa shape index (κ1) is 23.1. The zero-order valence-corrected chi connectivity index (χ0v) is 21.5. The molecule has 2 nitrogen and oxygen atoms in total. The molecule has 0 spiro atoms. The first-order valence-electron chi connectivity index (χ1n) is 12.4. The van der Waals surface area contributed by atoms with E-state index in [0.717, 1.165) is 60.8 Å². The van der Waals surface area contributed by atoms with Crippen LogP contribution in [0.4, 0.5) is 0 Å². The van der Waals surface area contributed by atoms with Crippen LogP contribution in [-0.2, 0) is 0 Å². The van der Waals surface area contributed by atoms with Gasteiger partial charge in [-0.05, 0) is 78.2 Å². The van der Waals surface area contributed by atoms with E-state index in [2.05, 4.69) is 111 Å². The summed E-state index contributed by atoms with van der Waals surface area (Å²) in [6.07, 6.45) is 0. The molecular weight excluding hydrogens is 472 g/mol. The quantitative estimate of drug-likeness (QED) is 0.243.